The summed E-state index contributed by atoms with van der Waals surface area (Å²) in [6.07, 6.45) is -9.84. The number of methoxy groups -OCH3 is 1. The van der Waals surface area contributed by atoms with Crippen LogP contribution < -0.4 is 10.2 Å². The summed E-state index contributed by atoms with van der Waals surface area (Å²) in [4.78, 5) is 26.1. The number of fused-ring (bicyclic) bond motifs is 1. The monoisotopic (exact) mass is 558 g/mol. The second kappa shape index (κ2) is 10.2. The van der Waals surface area contributed by atoms with E-state index in [-0.39, 0.29) is 30.0 Å². The second-order valence-corrected chi connectivity index (χ2v) is 8.84. The Balaban J connectivity index is 1.65. The van der Waals surface area contributed by atoms with Crippen molar-refractivity contribution >= 4 is 17.7 Å². The number of carbonyl (C=O) groups excluding carboxylic acids is 2. The number of nitrogens with zero attached hydrogens (tertiary/aromatic N) is 3. The minimum atomic E-state index is -5.01. The van der Waals surface area contributed by atoms with Gasteiger partial charge in [-0.05, 0) is 48.4 Å². The molecule has 0 saturated heterocycles. The third-order valence-electron chi connectivity index (χ3n) is 6.14. The number of hydrogen-bond acceptors (Lipinski definition) is 5. The van der Waals surface area contributed by atoms with Crippen LogP contribution in [0.5, 0.6) is 0 Å². The predicted octanol–water partition coefficient (Wildman–Crippen LogP) is 5.36. The number of esters is 1. The van der Waals surface area contributed by atoms with E-state index in [1.807, 2.05) is 0 Å². The predicted molar refractivity (Wildman–Crippen MR) is 123 cm³/mol. The van der Waals surface area contributed by atoms with E-state index < -0.39 is 59.5 Å². The molecule has 0 unspecified atom stereocenters. The summed E-state index contributed by atoms with van der Waals surface area (Å²) in [6.45, 7) is 1.08. The van der Waals surface area contributed by atoms with Gasteiger partial charge in [-0.2, -0.15) is 31.4 Å². The van der Waals surface area contributed by atoms with Gasteiger partial charge in [0.1, 0.15) is 17.2 Å². The molecule has 0 saturated carbocycles. The number of hydrogen-bond donors (Lipinski definition) is 1. The van der Waals surface area contributed by atoms with Gasteiger partial charge in [0.2, 0.25) is 0 Å². The van der Waals surface area contributed by atoms with E-state index in [2.05, 4.69) is 15.2 Å². The van der Waals surface area contributed by atoms with E-state index in [0.717, 1.165) is 10.7 Å². The molecule has 3 aromatic rings. The van der Waals surface area contributed by atoms with Crippen molar-refractivity contribution in [1.82, 2.24) is 15.1 Å². The Kier molecular flexibility index (Phi) is 7.32. The fourth-order valence-corrected chi connectivity index (χ4v) is 4.32. The molecule has 1 aromatic heterocycles. The number of halogens is 7. The highest BCUT2D eigenvalue weighted by Gasteiger charge is 2.44. The fourth-order valence-electron chi connectivity index (χ4n) is 4.32. The number of amides is 1. The minimum absolute atomic E-state index is 0.0309. The summed E-state index contributed by atoms with van der Waals surface area (Å²) < 4.78 is 101. The molecule has 0 fully saturated rings. The van der Waals surface area contributed by atoms with Crippen LogP contribution in [-0.2, 0) is 30.2 Å². The highest BCUT2D eigenvalue weighted by atomic mass is 19.4. The van der Waals surface area contributed by atoms with Crippen LogP contribution in [0.3, 0.4) is 0 Å². The van der Waals surface area contributed by atoms with Crippen molar-refractivity contribution < 1.29 is 45.1 Å². The molecule has 208 valence electrons. The lowest BCUT2D eigenvalue weighted by molar-refractivity contribution is -0.142. The van der Waals surface area contributed by atoms with Crippen molar-refractivity contribution in [3.63, 3.8) is 0 Å². The zero-order valence-corrected chi connectivity index (χ0v) is 20.5. The summed E-state index contributed by atoms with van der Waals surface area (Å²) in [5, 5.41) is 6.04. The number of nitrogens with one attached hydrogen (secondary N) is 1. The zero-order chi connectivity index (χ0) is 28.7. The normalized spacial score (nSPS) is 14.2. The topological polar surface area (TPSA) is 76.5 Å². The van der Waals surface area contributed by atoms with Crippen molar-refractivity contribution in [3.05, 3.63) is 81.8 Å². The number of anilines is 1. The van der Waals surface area contributed by atoms with E-state index in [0.29, 0.717) is 17.7 Å². The molecular formula is C25H21F7N4O3. The molecule has 1 aliphatic heterocycles. The van der Waals surface area contributed by atoms with Crippen LogP contribution in [0, 0.1) is 5.82 Å². The second-order valence-electron chi connectivity index (χ2n) is 8.84. The summed E-state index contributed by atoms with van der Waals surface area (Å²) in [5.41, 5.74) is -2.93. The van der Waals surface area contributed by atoms with Gasteiger partial charge in [-0.1, -0.05) is 12.1 Å². The third-order valence-corrected chi connectivity index (χ3v) is 6.14. The first kappa shape index (κ1) is 27.9. The van der Waals surface area contributed by atoms with Crippen LogP contribution in [0.2, 0.25) is 0 Å². The van der Waals surface area contributed by atoms with E-state index in [1.54, 1.807) is 0 Å². The largest absolute Gasteiger partial charge is 0.465 e. The Morgan fingerprint density at radius 2 is 1.69 bits per heavy atom. The molecule has 4 rings (SSSR count). The van der Waals surface area contributed by atoms with Crippen molar-refractivity contribution in [2.24, 2.45) is 0 Å². The Morgan fingerprint density at radius 1 is 1.03 bits per heavy atom. The molecule has 2 aromatic carbocycles. The fraction of sp³-hybridized carbons (Fsp3) is 0.320. The van der Waals surface area contributed by atoms with Gasteiger partial charge < -0.3 is 15.0 Å². The zero-order valence-electron chi connectivity index (χ0n) is 20.5. The summed E-state index contributed by atoms with van der Waals surface area (Å²) in [5.74, 6) is -3.11. The molecule has 1 amide bonds. The smallest absolute Gasteiger partial charge is 0.436 e. The number of aromatic nitrogens is 2. The maximum atomic E-state index is 13.9. The SMILES string of the molecule is COC(=O)c1ccc([C@H](C)NC(=O)c2c(C(F)(F)F)nn3c2N(Cc2cc(F)cc(C(F)(F)F)c2)CC3)cc1. The maximum Gasteiger partial charge on any atom is 0.436 e. The molecule has 0 spiro atoms. The molecule has 2 heterocycles. The molecule has 1 N–H and O–H groups in total. The Labute approximate surface area is 217 Å². The van der Waals surface area contributed by atoms with Crippen molar-refractivity contribution in [1.29, 1.82) is 0 Å². The number of carbonyl (C=O) groups is 2. The van der Waals surface area contributed by atoms with Crippen LogP contribution in [0.1, 0.15) is 56.1 Å². The number of alkyl halides is 6. The average molecular weight is 558 g/mol. The summed E-state index contributed by atoms with van der Waals surface area (Å²) in [6, 6.07) is 6.92. The highest BCUT2D eigenvalue weighted by molar-refractivity contribution is 6.01. The highest BCUT2D eigenvalue weighted by Crippen LogP contribution is 2.39. The molecule has 1 atom stereocenters. The van der Waals surface area contributed by atoms with E-state index in [1.165, 1.54) is 43.2 Å². The molecular weight excluding hydrogens is 537 g/mol. The molecule has 1 aliphatic rings. The van der Waals surface area contributed by atoms with Crippen LogP contribution >= 0.6 is 0 Å². The van der Waals surface area contributed by atoms with Gasteiger partial charge in [-0.3, -0.25) is 4.79 Å². The molecule has 0 radical (unpaired) electrons. The van der Waals surface area contributed by atoms with Gasteiger partial charge in [0.05, 0.1) is 30.8 Å². The van der Waals surface area contributed by atoms with Gasteiger partial charge >= 0.3 is 18.3 Å². The molecule has 0 aliphatic carbocycles. The van der Waals surface area contributed by atoms with Gasteiger partial charge in [0.25, 0.3) is 5.91 Å². The van der Waals surface area contributed by atoms with Gasteiger partial charge in [0, 0.05) is 13.1 Å². The van der Waals surface area contributed by atoms with Gasteiger partial charge in [-0.25, -0.2) is 13.9 Å². The van der Waals surface area contributed by atoms with Crippen LogP contribution in [0.25, 0.3) is 0 Å². The standard InChI is InChI=1S/C25H21F7N4O3/c1-13(15-3-5-16(6-4-15)23(38)39-2)33-21(37)19-20(25(30,31)32)34-36-8-7-35(22(19)36)12-14-9-17(24(27,28)29)11-18(26)10-14/h3-6,9-11,13H,7-8,12H2,1-2H3,(H,33,37)/t13-/m0/s1. The quantitative estimate of drug-likeness (QED) is 0.326. The van der Waals surface area contributed by atoms with Gasteiger partial charge in [-0.15, -0.1) is 0 Å². The van der Waals surface area contributed by atoms with Crippen LogP contribution in [0.4, 0.5) is 36.6 Å². The number of benzene rings is 2. The summed E-state index contributed by atoms with van der Waals surface area (Å²) in [7, 11) is 1.20. The number of ether oxygens (including phenoxy) is 1. The van der Waals surface area contributed by atoms with E-state index in [9.17, 15) is 40.3 Å². The van der Waals surface area contributed by atoms with Crippen LogP contribution in [-0.4, -0.2) is 35.3 Å². The lowest BCUT2D eigenvalue weighted by Gasteiger charge is -2.21. The first-order valence-electron chi connectivity index (χ1n) is 11.5. The van der Waals surface area contributed by atoms with Crippen molar-refractivity contribution in [3.8, 4) is 0 Å². The lowest BCUT2D eigenvalue weighted by atomic mass is 10.1. The Bertz CT molecular complexity index is 1400. The third kappa shape index (κ3) is 5.83. The summed E-state index contributed by atoms with van der Waals surface area (Å²) >= 11 is 0. The molecule has 14 heteroatoms. The maximum absolute atomic E-state index is 13.9. The average Bonchev–Trinajstić information content (AvgIpc) is 3.43. The first-order chi connectivity index (χ1) is 18.2. The minimum Gasteiger partial charge on any atom is -0.465 e. The van der Waals surface area contributed by atoms with E-state index in [4.69, 9.17) is 0 Å². The van der Waals surface area contributed by atoms with Crippen LogP contribution in [0.15, 0.2) is 42.5 Å². The number of rotatable bonds is 6. The van der Waals surface area contributed by atoms with Gasteiger partial charge in [0.15, 0.2) is 5.69 Å². The first-order valence-corrected chi connectivity index (χ1v) is 11.5. The van der Waals surface area contributed by atoms with Crippen molar-refractivity contribution in [2.45, 2.75) is 38.4 Å². The molecule has 39 heavy (non-hydrogen) atoms. The Morgan fingerprint density at radius 3 is 2.28 bits per heavy atom. The lowest BCUT2D eigenvalue weighted by Crippen LogP contribution is -2.31. The Hall–Kier alpha value is -4.10. The molecule has 7 nitrogen and oxygen atoms in total. The molecule has 0 bridgehead atoms. The van der Waals surface area contributed by atoms with Crippen molar-refractivity contribution in [2.75, 3.05) is 18.6 Å². The van der Waals surface area contributed by atoms with E-state index >= 15 is 0 Å².